The Labute approximate surface area is 79.4 Å². The minimum atomic E-state index is -2.98. The number of carboxylic acid groups (broad SMARTS) is 1. The number of amides is 1. The van der Waals surface area contributed by atoms with Gasteiger partial charge >= 0.3 is 0 Å². The van der Waals surface area contributed by atoms with E-state index < -0.39 is 12.0 Å². The molecular weight excluding hydrogens is 192 g/mol. The van der Waals surface area contributed by atoms with Crippen molar-refractivity contribution in [3.8, 4) is 0 Å². The van der Waals surface area contributed by atoms with Crippen molar-refractivity contribution in [3.63, 3.8) is 0 Å². The van der Waals surface area contributed by atoms with Crippen molar-refractivity contribution < 1.29 is 18.7 Å². The van der Waals surface area contributed by atoms with Crippen LogP contribution < -0.4 is 10.4 Å². The van der Waals surface area contributed by atoms with E-state index in [0.29, 0.717) is 0 Å². The fourth-order valence-corrected chi connectivity index (χ4v) is 0.988. The molecule has 0 aliphatic heterocycles. The Balaban J connectivity index is 2.95. The van der Waals surface area contributed by atoms with Crippen LogP contribution in [0.2, 0.25) is 0 Å². The topological polar surface area (TPSA) is 52.2 Å². The summed E-state index contributed by atoms with van der Waals surface area (Å²) in [5.74, 6) is -2.98. The van der Waals surface area contributed by atoms with E-state index in [2.05, 4.69) is 0 Å². The fraction of sp³-hybridized carbons (Fsp3) is 0.222. The number of hydrogen-bond donors (Lipinski definition) is 1. The second-order valence-electron chi connectivity index (χ2n) is 2.88. The molecular formula is C9H8F2NO2-. The number of carbonyl (C=O) groups excluding carboxylic acids is 1. The first kappa shape index (κ1) is 10.4. The first-order valence-corrected chi connectivity index (χ1v) is 3.86. The van der Waals surface area contributed by atoms with Crippen molar-refractivity contribution in [2.75, 3.05) is 5.32 Å². The Hall–Kier alpha value is -1.65. The fourth-order valence-electron chi connectivity index (χ4n) is 0.988. The third-order valence-electron chi connectivity index (χ3n) is 1.62. The van der Waals surface area contributed by atoms with Gasteiger partial charge in [-0.25, -0.2) is 8.78 Å². The SMILES string of the molecule is CC(F)(F)c1cccc(NC(=O)[O-])c1. The molecule has 1 amide bonds. The summed E-state index contributed by atoms with van der Waals surface area (Å²) in [6.45, 7) is 0.741. The summed E-state index contributed by atoms with van der Waals surface area (Å²) < 4.78 is 25.6. The van der Waals surface area contributed by atoms with Crippen LogP contribution in [0.3, 0.4) is 0 Å². The summed E-state index contributed by atoms with van der Waals surface area (Å²) in [5, 5.41) is 12.0. The van der Waals surface area contributed by atoms with Gasteiger partial charge < -0.3 is 15.2 Å². The van der Waals surface area contributed by atoms with Gasteiger partial charge in [-0.2, -0.15) is 0 Å². The van der Waals surface area contributed by atoms with Crippen LogP contribution >= 0.6 is 0 Å². The molecule has 1 N–H and O–H groups in total. The van der Waals surface area contributed by atoms with E-state index in [9.17, 15) is 18.7 Å². The summed E-state index contributed by atoms with van der Waals surface area (Å²) in [5.41, 5.74) is -0.173. The van der Waals surface area contributed by atoms with Crippen LogP contribution in [-0.4, -0.2) is 6.09 Å². The minimum absolute atomic E-state index is 0.0732. The lowest BCUT2D eigenvalue weighted by Gasteiger charge is -2.13. The van der Waals surface area contributed by atoms with E-state index in [4.69, 9.17) is 0 Å². The van der Waals surface area contributed by atoms with Crippen LogP contribution in [-0.2, 0) is 5.92 Å². The van der Waals surface area contributed by atoms with Crippen LogP contribution in [0, 0.1) is 0 Å². The second-order valence-corrected chi connectivity index (χ2v) is 2.88. The normalized spacial score (nSPS) is 11.1. The molecule has 1 rings (SSSR count). The van der Waals surface area contributed by atoms with Gasteiger partial charge in [-0.15, -0.1) is 0 Å². The predicted molar refractivity (Wildman–Crippen MR) is 45.0 cm³/mol. The molecule has 1 aromatic rings. The average Bonchev–Trinajstić information content (AvgIpc) is 2.01. The molecule has 3 nitrogen and oxygen atoms in total. The van der Waals surface area contributed by atoms with Crippen molar-refractivity contribution >= 4 is 11.8 Å². The highest BCUT2D eigenvalue weighted by molar-refractivity contribution is 5.81. The number of hydrogen-bond acceptors (Lipinski definition) is 2. The van der Waals surface area contributed by atoms with Crippen LogP contribution in [0.15, 0.2) is 24.3 Å². The van der Waals surface area contributed by atoms with Gasteiger partial charge in [-0.05, 0) is 12.1 Å². The Morgan fingerprint density at radius 3 is 2.64 bits per heavy atom. The third kappa shape index (κ3) is 2.69. The Bertz CT molecular complexity index is 347. The lowest BCUT2D eigenvalue weighted by Crippen LogP contribution is -2.28. The predicted octanol–water partition coefficient (Wildman–Crippen LogP) is 1.55. The Morgan fingerprint density at radius 2 is 2.14 bits per heavy atom. The highest BCUT2D eigenvalue weighted by Gasteiger charge is 2.23. The number of rotatable bonds is 2. The first-order valence-electron chi connectivity index (χ1n) is 3.86. The van der Waals surface area contributed by atoms with E-state index in [0.717, 1.165) is 13.0 Å². The highest BCUT2D eigenvalue weighted by Crippen LogP contribution is 2.28. The lowest BCUT2D eigenvalue weighted by molar-refractivity contribution is -0.242. The van der Waals surface area contributed by atoms with Gasteiger partial charge in [0.2, 0.25) is 0 Å². The van der Waals surface area contributed by atoms with Crippen molar-refractivity contribution in [2.45, 2.75) is 12.8 Å². The van der Waals surface area contributed by atoms with Crippen molar-refractivity contribution in [2.24, 2.45) is 0 Å². The number of anilines is 1. The maximum atomic E-state index is 12.8. The Morgan fingerprint density at radius 1 is 1.50 bits per heavy atom. The maximum absolute atomic E-state index is 12.8. The van der Waals surface area contributed by atoms with E-state index >= 15 is 0 Å². The molecule has 76 valence electrons. The number of carbonyl (C=O) groups is 1. The summed E-state index contributed by atoms with van der Waals surface area (Å²) >= 11 is 0. The van der Waals surface area contributed by atoms with Crippen LogP contribution in [0.25, 0.3) is 0 Å². The van der Waals surface area contributed by atoms with Crippen molar-refractivity contribution in [3.05, 3.63) is 29.8 Å². The van der Waals surface area contributed by atoms with E-state index in [1.807, 2.05) is 5.32 Å². The summed E-state index contributed by atoms with van der Waals surface area (Å²) in [4.78, 5) is 10.1. The first-order chi connectivity index (χ1) is 6.39. The number of benzene rings is 1. The van der Waals surface area contributed by atoms with Gasteiger partial charge in [0.1, 0.15) is 6.09 Å². The van der Waals surface area contributed by atoms with Crippen molar-refractivity contribution in [1.29, 1.82) is 0 Å². The molecule has 0 saturated heterocycles. The van der Waals surface area contributed by atoms with Gasteiger partial charge in [0, 0.05) is 18.2 Å². The van der Waals surface area contributed by atoms with Crippen LogP contribution in [0.4, 0.5) is 19.3 Å². The van der Waals surface area contributed by atoms with Gasteiger partial charge in [0.25, 0.3) is 5.92 Å². The molecule has 0 saturated carbocycles. The summed E-state index contributed by atoms with van der Waals surface area (Å²) in [7, 11) is 0. The molecule has 0 unspecified atom stereocenters. The minimum Gasteiger partial charge on any atom is -0.530 e. The molecule has 0 aliphatic rings. The lowest BCUT2D eigenvalue weighted by atomic mass is 10.1. The molecule has 0 aromatic heterocycles. The van der Waals surface area contributed by atoms with Crippen molar-refractivity contribution in [1.82, 2.24) is 0 Å². The monoisotopic (exact) mass is 200 g/mol. The molecule has 0 bridgehead atoms. The average molecular weight is 200 g/mol. The van der Waals surface area contributed by atoms with Gasteiger partial charge in [-0.1, -0.05) is 12.1 Å². The maximum Gasteiger partial charge on any atom is 0.270 e. The molecule has 14 heavy (non-hydrogen) atoms. The molecule has 0 radical (unpaired) electrons. The quantitative estimate of drug-likeness (QED) is 0.787. The second kappa shape index (κ2) is 3.61. The summed E-state index contributed by atoms with van der Waals surface area (Å²) in [6, 6.07) is 5.00. The molecule has 0 heterocycles. The molecule has 1 aromatic carbocycles. The Kier molecular flexibility index (Phi) is 2.69. The number of nitrogens with one attached hydrogen (secondary N) is 1. The largest absolute Gasteiger partial charge is 0.530 e. The van der Waals surface area contributed by atoms with Crippen LogP contribution in [0.1, 0.15) is 12.5 Å². The molecule has 0 spiro atoms. The smallest absolute Gasteiger partial charge is 0.270 e. The zero-order valence-corrected chi connectivity index (χ0v) is 7.38. The van der Waals surface area contributed by atoms with E-state index in [-0.39, 0.29) is 11.3 Å². The molecule has 0 atom stereocenters. The zero-order chi connectivity index (χ0) is 10.8. The molecule has 0 fully saturated rings. The molecule has 0 aliphatic carbocycles. The van der Waals surface area contributed by atoms with Gasteiger partial charge in [-0.3, -0.25) is 0 Å². The number of alkyl halides is 2. The van der Waals surface area contributed by atoms with Crippen LogP contribution in [0.5, 0.6) is 0 Å². The van der Waals surface area contributed by atoms with Gasteiger partial charge in [0.05, 0.1) is 0 Å². The number of halogens is 2. The zero-order valence-electron chi connectivity index (χ0n) is 7.38. The standard InChI is InChI=1S/C9H9F2NO2/c1-9(10,11)6-3-2-4-7(5-6)12-8(13)14/h2-5,12H,1H3,(H,13,14)/p-1. The molecule has 5 heteroatoms. The van der Waals surface area contributed by atoms with E-state index in [1.54, 1.807) is 0 Å². The summed E-state index contributed by atoms with van der Waals surface area (Å²) in [6.07, 6.45) is -1.53. The third-order valence-corrected chi connectivity index (χ3v) is 1.62. The van der Waals surface area contributed by atoms with Gasteiger partial charge in [0.15, 0.2) is 0 Å². The highest BCUT2D eigenvalue weighted by atomic mass is 19.3. The van der Waals surface area contributed by atoms with E-state index in [1.165, 1.54) is 18.2 Å².